The van der Waals surface area contributed by atoms with Crippen LogP contribution < -0.4 is 21.7 Å². The van der Waals surface area contributed by atoms with Crippen LogP contribution in [0.25, 0.3) is 0 Å². The van der Waals surface area contributed by atoms with E-state index in [2.05, 4.69) is 39.8 Å². The summed E-state index contributed by atoms with van der Waals surface area (Å²) in [5.74, 6) is -0.579. The van der Waals surface area contributed by atoms with Crippen LogP contribution in [0.2, 0.25) is 0 Å². The van der Waals surface area contributed by atoms with E-state index in [0.717, 1.165) is 21.1 Å². The van der Waals surface area contributed by atoms with Gasteiger partial charge in [0.25, 0.3) is 0 Å². The van der Waals surface area contributed by atoms with Gasteiger partial charge in [-0.2, -0.15) is 0 Å². The SMILES string of the molecule is CC(C)c1nc(CCN(C)C(=O)N[C@H](C(=O)NC(N)(c2ccccc2)C(NC(=O)OCCc2cncs2)C(O)CCCc2ccccc2)C(C)C)cs1. The predicted molar refractivity (Wildman–Crippen MR) is 210 cm³/mol. The number of aryl methyl sites for hydroxylation is 1. The minimum atomic E-state index is -1.82. The van der Waals surface area contributed by atoms with E-state index in [1.165, 1.54) is 16.2 Å². The molecule has 0 aliphatic heterocycles. The van der Waals surface area contributed by atoms with Gasteiger partial charge in [0, 0.05) is 48.8 Å². The molecule has 0 aliphatic carbocycles. The second kappa shape index (κ2) is 20.2. The van der Waals surface area contributed by atoms with Gasteiger partial charge >= 0.3 is 12.1 Å². The van der Waals surface area contributed by atoms with Gasteiger partial charge in [0.2, 0.25) is 5.91 Å². The fourth-order valence-electron chi connectivity index (χ4n) is 5.81. The number of alkyl carbamates (subject to hydrolysis) is 1. The zero-order chi connectivity index (χ0) is 38.4. The number of nitrogens with zero attached hydrogens (tertiary/aromatic N) is 3. The van der Waals surface area contributed by atoms with Crippen LogP contribution in [0.3, 0.4) is 0 Å². The Kier molecular flexibility index (Phi) is 15.8. The van der Waals surface area contributed by atoms with Crippen molar-refractivity contribution in [3.63, 3.8) is 0 Å². The number of hydrogen-bond acceptors (Lipinski definition) is 10. The predicted octanol–water partition coefficient (Wildman–Crippen LogP) is 5.58. The van der Waals surface area contributed by atoms with Gasteiger partial charge in [0.1, 0.15) is 11.7 Å². The number of aliphatic hydroxyl groups is 1. The molecule has 0 saturated heterocycles. The number of thiazole rings is 2. The minimum absolute atomic E-state index is 0.0798. The zero-order valence-corrected chi connectivity index (χ0v) is 32.8. The van der Waals surface area contributed by atoms with E-state index >= 15 is 0 Å². The van der Waals surface area contributed by atoms with Gasteiger partial charge < -0.3 is 36.4 Å². The normalized spacial score (nSPS) is 14.2. The molecule has 14 heteroatoms. The van der Waals surface area contributed by atoms with Gasteiger partial charge in [-0.3, -0.25) is 9.78 Å². The standard InChI is InChI=1S/C39H53N7O5S2/c1-26(2)33(43-37(49)46(5)21-19-30-24-52-36(42-30)27(3)4)35(48)45-39(40,29-16-10-7-11-17-29)34(32(47)18-12-15-28-13-8-6-9-14-28)44-38(50)51-22-20-31-23-41-25-53-31/h6-11,13-14,16-17,23-27,32-34,47H,12,15,18-22,40H2,1-5H3,(H,43,49)(H,44,50)(H,45,48)/t32?,33-,34?,39?/m0/s1. The molecule has 4 amide bonds. The first-order valence-corrected chi connectivity index (χ1v) is 19.8. The largest absolute Gasteiger partial charge is 0.449 e. The summed E-state index contributed by atoms with van der Waals surface area (Å²) in [5, 5.41) is 23.4. The van der Waals surface area contributed by atoms with Gasteiger partial charge in [-0.25, -0.2) is 14.6 Å². The molecule has 0 radical (unpaired) electrons. The molecule has 0 fully saturated rings. The third-order valence-electron chi connectivity index (χ3n) is 8.95. The van der Waals surface area contributed by atoms with Crippen molar-refractivity contribution in [3.8, 4) is 0 Å². The Morgan fingerprint density at radius 2 is 1.66 bits per heavy atom. The third-order valence-corrected chi connectivity index (χ3v) is 11.0. The van der Waals surface area contributed by atoms with E-state index in [9.17, 15) is 19.5 Å². The lowest BCUT2D eigenvalue weighted by Gasteiger charge is -2.42. The summed E-state index contributed by atoms with van der Waals surface area (Å²) in [4.78, 5) is 52.2. The topological polar surface area (TPSA) is 172 Å². The number of carbonyl (C=O) groups excluding carboxylic acids is 3. The number of aliphatic hydroxyl groups excluding tert-OH is 1. The summed E-state index contributed by atoms with van der Waals surface area (Å²) in [5.41, 5.74) is 9.52. The van der Waals surface area contributed by atoms with Crippen LogP contribution in [0.15, 0.2) is 77.8 Å². The van der Waals surface area contributed by atoms with Crippen LogP contribution in [0.4, 0.5) is 9.59 Å². The van der Waals surface area contributed by atoms with Crippen molar-refractivity contribution in [2.75, 3.05) is 20.2 Å². The molecule has 0 aliphatic rings. The number of benzene rings is 2. The average Bonchev–Trinajstić information content (AvgIpc) is 3.85. The minimum Gasteiger partial charge on any atom is -0.449 e. The van der Waals surface area contributed by atoms with Crippen molar-refractivity contribution in [1.82, 2.24) is 30.8 Å². The van der Waals surface area contributed by atoms with Crippen molar-refractivity contribution >= 4 is 40.7 Å². The van der Waals surface area contributed by atoms with Crippen LogP contribution in [0.5, 0.6) is 0 Å². The van der Waals surface area contributed by atoms with Crippen molar-refractivity contribution in [1.29, 1.82) is 0 Å². The number of nitrogens with two attached hydrogens (primary N) is 1. The third kappa shape index (κ3) is 12.3. The fourth-order valence-corrected chi connectivity index (χ4v) is 7.26. The van der Waals surface area contributed by atoms with E-state index in [1.807, 2.05) is 49.6 Å². The zero-order valence-electron chi connectivity index (χ0n) is 31.2. The van der Waals surface area contributed by atoms with Crippen LogP contribution in [0.1, 0.15) is 73.2 Å². The van der Waals surface area contributed by atoms with Crippen molar-refractivity contribution in [2.24, 2.45) is 11.7 Å². The number of likely N-dealkylation sites (N-methyl/N-ethyl adjacent to an activating group) is 1. The Hall–Kier alpha value is -4.37. The molecule has 3 unspecified atom stereocenters. The number of urea groups is 1. The van der Waals surface area contributed by atoms with Gasteiger partial charge in [0.15, 0.2) is 0 Å². The summed E-state index contributed by atoms with van der Waals surface area (Å²) in [6, 6.07) is 16.0. The Bertz CT molecular complexity index is 1710. The summed E-state index contributed by atoms with van der Waals surface area (Å²) >= 11 is 3.06. The van der Waals surface area contributed by atoms with E-state index in [-0.39, 0.29) is 18.9 Å². The Morgan fingerprint density at radius 3 is 2.28 bits per heavy atom. The second-order valence-electron chi connectivity index (χ2n) is 13.8. The summed E-state index contributed by atoms with van der Waals surface area (Å²) < 4.78 is 5.52. The molecule has 12 nitrogen and oxygen atoms in total. The first-order chi connectivity index (χ1) is 25.4. The lowest BCUT2D eigenvalue weighted by molar-refractivity contribution is -0.127. The summed E-state index contributed by atoms with van der Waals surface area (Å²) in [7, 11) is 1.67. The Labute approximate surface area is 320 Å². The fraction of sp³-hybridized carbons (Fsp3) is 0.462. The molecule has 0 saturated carbocycles. The highest BCUT2D eigenvalue weighted by Gasteiger charge is 2.45. The number of rotatable bonds is 19. The van der Waals surface area contributed by atoms with Crippen molar-refractivity contribution < 1.29 is 24.2 Å². The molecule has 4 atom stereocenters. The molecule has 0 spiro atoms. The molecule has 2 aromatic heterocycles. The first kappa shape index (κ1) is 41.4. The maximum Gasteiger partial charge on any atom is 0.407 e. The molecular formula is C39H53N7O5S2. The van der Waals surface area contributed by atoms with Gasteiger partial charge in [-0.05, 0) is 36.3 Å². The summed E-state index contributed by atoms with van der Waals surface area (Å²) in [6.45, 7) is 8.31. The van der Waals surface area contributed by atoms with Crippen LogP contribution in [-0.4, -0.2) is 76.4 Å². The molecule has 4 aromatic rings. The molecule has 2 heterocycles. The average molecular weight is 764 g/mol. The number of aromatic nitrogens is 2. The van der Waals surface area contributed by atoms with Crippen molar-refractivity contribution in [2.45, 2.75) is 89.6 Å². The number of ether oxygens (including phenoxy) is 1. The Morgan fingerprint density at radius 1 is 0.962 bits per heavy atom. The van der Waals surface area contributed by atoms with E-state index < -0.39 is 41.9 Å². The molecule has 286 valence electrons. The van der Waals surface area contributed by atoms with Gasteiger partial charge in [0.05, 0.1) is 35.0 Å². The first-order valence-electron chi connectivity index (χ1n) is 18.0. The highest BCUT2D eigenvalue weighted by atomic mass is 32.1. The Balaban J connectivity index is 1.53. The van der Waals surface area contributed by atoms with E-state index in [1.54, 1.807) is 60.4 Å². The smallest absolute Gasteiger partial charge is 0.407 e. The summed E-state index contributed by atoms with van der Waals surface area (Å²) in [6.07, 6.45) is 2.30. The van der Waals surface area contributed by atoms with E-state index in [4.69, 9.17) is 10.5 Å². The number of nitrogens with one attached hydrogen (secondary N) is 3. The quantitative estimate of drug-likeness (QED) is 0.0771. The molecule has 53 heavy (non-hydrogen) atoms. The van der Waals surface area contributed by atoms with Crippen LogP contribution in [-0.2, 0) is 34.5 Å². The van der Waals surface area contributed by atoms with Gasteiger partial charge in [-0.1, -0.05) is 88.4 Å². The van der Waals surface area contributed by atoms with Gasteiger partial charge in [-0.15, -0.1) is 22.7 Å². The monoisotopic (exact) mass is 763 g/mol. The lowest BCUT2D eigenvalue weighted by atomic mass is 9.85. The van der Waals surface area contributed by atoms with E-state index in [0.29, 0.717) is 43.7 Å². The second-order valence-corrected chi connectivity index (χ2v) is 15.7. The van der Waals surface area contributed by atoms with Crippen LogP contribution in [0, 0.1) is 5.92 Å². The number of carbonyl (C=O) groups is 3. The molecule has 6 N–H and O–H groups in total. The number of amides is 4. The highest BCUT2D eigenvalue weighted by molar-refractivity contribution is 7.09. The maximum atomic E-state index is 14.2. The molecule has 4 rings (SSSR count). The number of hydrogen-bond donors (Lipinski definition) is 5. The molecular weight excluding hydrogens is 711 g/mol. The molecule has 2 aromatic carbocycles. The highest BCUT2D eigenvalue weighted by Crippen LogP contribution is 2.26. The lowest BCUT2D eigenvalue weighted by Crippen LogP contribution is -2.71. The maximum absolute atomic E-state index is 14.2. The van der Waals surface area contributed by atoms with Crippen molar-refractivity contribution in [3.05, 3.63) is 104 Å². The van der Waals surface area contributed by atoms with Crippen LogP contribution >= 0.6 is 22.7 Å². The molecule has 0 bridgehead atoms.